The van der Waals surface area contributed by atoms with Crippen LogP contribution in [0.1, 0.15) is 29.2 Å². The average Bonchev–Trinajstić information content (AvgIpc) is 3.68. The van der Waals surface area contributed by atoms with Crippen LogP contribution in [0.5, 0.6) is 0 Å². The lowest BCUT2D eigenvalue weighted by Crippen LogP contribution is -2.27. The van der Waals surface area contributed by atoms with E-state index in [2.05, 4.69) is 36.4 Å². The maximum absolute atomic E-state index is 13.5. The molecule has 0 bridgehead atoms. The first-order valence-corrected chi connectivity index (χ1v) is 15.1. The number of thioether (sulfide) groups is 1. The van der Waals surface area contributed by atoms with E-state index in [9.17, 15) is 9.59 Å². The van der Waals surface area contributed by atoms with Gasteiger partial charge in [0.1, 0.15) is 10.4 Å². The van der Waals surface area contributed by atoms with Crippen molar-refractivity contribution in [3.05, 3.63) is 93.9 Å². The van der Waals surface area contributed by atoms with E-state index in [0.717, 1.165) is 32.0 Å². The molecule has 1 unspecified atom stereocenters. The molecule has 0 spiro atoms. The Bertz CT molecular complexity index is 2040. The Labute approximate surface area is 244 Å². The minimum atomic E-state index is -0.283. The smallest absolute Gasteiger partial charge is 0.265 e. The van der Waals surface area contributed by atoms with Gasteiger partial charge in [-0.3, -0.25) is 14.2 Å². The molecule has 0 saturated heterocycles. The predicted octanol–water partition coefficient (Wildman–Crippen LogP) is 6.46. The fourth-order valence-electron chi connectivity index (χ4n) is 5.10. The van der Waals surface area contributed by atoms with Crippen LogP contribution in [0.3, 0.4) is 0 Å². The van der Waals surface area contributed by atoms with E-state index in [1.165, 1.54) is 22.9 Å². The fraction of sp³-hybridized carbons (Fsp3) is 0.194. The summed E-state index contributed by atoms with van der Waals surface area (Å²) < 4.78 is 4.52. The van der Waals surface area contributed by atoms with E-state index < -0.39 is 0 Å². The van der Waals surface area contributed by atoms with Crippen LogP contribution in [0.15, 0.2) is 76.8 Å². The highest BCUT2D eigenvalue weighted by Crippen LogP contribution is 2.34. The van der Waals surface area contributed by atoms with Crippen molar-refractivity contribution in [2.45, 2.75) is 38.4 Å². The Morgan fingerprint density at radius 1 is 1.00 bits per heavy atom. The highest BCUT2D eigenvalue weighted by atomic mass is 32.2. The van der Waals surface area contributed by atoms with E-state index in [-0.39, 0.29) is 23.9 Å². The van der Waals surface area contributed by atoms with E-state index in [4.69, 9.17) is 9.97 Å². The summed E-state index contributed by atoms with van der Waals surface area (Å²) in [5.74, 6) is 0.458. The van der Waals surface area contributed by atoms with Crippen molar-refractivity contribution in [2.24, 2.45) is 0 Å². The molecular formula is C31H26N6O2S2. The maximum Gasteiger partial charge on any atom is 0.265 e. The van der Waals surface area contributed by atoms with E-state index >= 15 is 0 Å². The first-order chi connectivity index (χ1) is 19.8. The second-order valence-electron chi connectivity index (χ2n) is 10.4. The molecule has 1 aliphatic heterocycles. The monoisotopic (exact) mass is 578 g/mol. The largest absolute Gasteiger partial charge is 0.326 e. The molecule has 0 radical (unpaired) electrons. The van der Waals surface area contributed by atoms with Crippen molar-refractivity contribution in [3.8, 4) is 16.3 Å². The number of carbonyl (C=O) groups is 1. The maximum atomic E-state index is 13.5. The number of carbonyl (C=O) groups excluding carboxylic acids is 1. The van der Waals surface area contributed by atoms with Gasteiger partial charge in [0.05, 0.1) is 28.1 Å². The Hall–Kier alpha value is -4.28. The lowest BCUT2D eigenvalue weighted by Gasteiger charge is -2.14. The molecule has 1 amide bonds. The number of nitrogens with zero attached hydrogens (tertiary/aromatic N) is 5. The molecule has 1 aliphatic rings. The fourth-order valence-corrected chi connectivity index (χ4v) is 7.30. The first-order valence-electron chi connectivity index (χ1n) is 13.3. The molecule has 0 fully saturated rings. The Balaban J connectivity index is 1.08. The van der Waals surface area contributed by atoms with Gasteiger partial charge in [0, 0.05) is 23.4 Å². The molecule has 41 heavy (non-hydrogen) atoms. The topological polar surface area (TPSA) is 94.7 Å². The van der Waals surface area contributed by atoms with Crippen molar-refractivity contribution >= 4 is 55.9 Å². The van der Waals surface area contributed by atoms with Gasteiger partial charge >= 0.3 is 0 Å². The zero-order valence-electron chi connectivity index (χ0n) is 22.7. The van der Waals surface area contributed by atoms with E-state index in [0.29, 0.717) is 27.6 Å². The number of aryl methyl sites for hydroxylation is 3. The van der Waals surface area contributed by atoms with Crippen molar-refractivity contribution in [1.82, 2.24) is 24.3 Å². The SMILES string of the molecule is Cc1ccc2nc(-c3ccc(NC(=O)CC4CSc5nc6c(cnn6-c6ccc(C)c(C)c6)c(=O)n54)cc3)sc2c1. The number of amides is 1. The summed E-state index contributed by atoms with van der Waals surface area (Å²) in [6.07, 6.45) is 1.75. The molecule has 6 aromatic rings. The normalized spacial score (nSPS) is 14.6. The van der Waals surface area contributed by atoms with Crippen LogP contribution < -0.4 is 10.9 Å². The molecule has 7 rings (SSSR count). The molecule has 3 aromatic carbocycles. The van der Waals surface area contributed by atoms with Gasteiger partial charge in [-0.15, -0.1) is 11.3 Å². The lowest BCUT2D eigenvalue weighted by molar-refractivity contribution is -0.116. The number of aromatic nitrogens is 5. The number of anilines is 1. The van der Waals surface area contributed by atoms with Crippen LogP contribution in [0.25, 0.3) is 37.5 Å². The third-order valence-corrected chi connectivity index (χ3v) is 9.65. The lowest BCUT2D eigenvalue weighted by atomic mass is 10.1. The zero-order valence-corrected chi connectivity index (χ0v) is 24.3. The van der Waals surface area contributed by atoms with Crippen LogP contribution >= 0.6 is 23.1 Å². The second kappa shape index (κ2) is 9.97. The molecule has 204 valence electrons. The highest BCUT2D eigenvalue weighted by Gasteiger charge is 2.29. The third-order valence-electron chi connectivity index (χ3n) is 7.49. The number of hydrogen-bond acceptors (Lipinski definition) is 7. The summed E-state index contributed by atoms with van der Waals surface area (Å²) >= 11 is 3.15. The Morgan fingerprint density at radius 2 is 1.83 bits per heavy atom. The van der Waals surface area contributed by atoms with Crippen molar-refractivity contribution < 1.29 is 4.79 Å². The van der Waals surface area contributed by atoms with Gasteiger partial charge in [-0.2, -0.15) is 5.10 Å². The second-order valence-corrected chi connectivity index (χ2v) is 12.4. The third kappa shape index (κ3) is 4.62. The number of nitrogens with one attached hydrogen (secondary N) is 1. The zero-order chi connectivity index (χ0) is 28.2. The van der Waals surface area contributed by atoms with Gasteiger partial charge in [-0.05, 0) is 86.0 Å². The van der Waals surface area contributed by atoms with Gasteiger partial charge in [0.2, 0.25) is 5.91 Å². The number of rotatable bonds is 5. The summed E-state index contributed by atoms with van der Waals surface area (Å²) in [6.45, 7) is 6.19. The van der Waals surface area contributed by atoms with Crippen molar-refractivity contribution in [3.63, 3.8) is 0 Å². The van der Waals surface area contributed by atoms with Gasteiger partial charge in [0.25, 0.3) is 5.56 Å². The molecule has 8 nitrogen and oxygen atoms in total. The minimum absolute atomic E-state index is 0.149. The quantitative estimate of drug-likeness (QED) is 0.236. The van der Waals surface area contributed by atoms with Crippen molar-refractivity contribution in [1.29, 1.82) is 0 Å². The number of hydrogen-bond donors (Lipinski definition) is 1. The molecule has 10 heteroatoms. The number of thiazole rings is 1. The summed E-state index contributed by atoms with van der Waals surface area (Å²) in [7, 11) is 0. The van der Waals surface area contributed by atoms with Crippen LogP contribution in [0, 0.1) is 20.8 Å². The number of benzene rings is 3. The predicted molar refractivity (Wildman–Crippen MR) is 165 cm³/mol. The minimum Gasteiger partial charge on any atom is -0.326 e. The molecule has 1 N–H and O–H groups in total. The molecular weight excluding hydrogens is 553 g/mol. The van der Waals surface area contributed by atoms with E-state index in [1.807, 2.05) is 55.5 Å². The molecule has 1 atom stereocenters. The average molecular weight is 579 g/mol. The van der Waals surface area contributed by atoms with Crippen LogP contribution in [-0.2, 0) is 4.79 Å². The van der Waals surface area contributed by atoms with Crippen LogP contribution in [0.4, 0.5) is 5.69 Å². The van der Waals surface area contributed by atoms with E-state index in [1.54, 1.807) is 26.8 Å². The van der Waals surface area contributed by atoms with Crippen LogP contribution in [-0.4, -0.2) is 36.0 Å². The van der Waals surface area contributed by atoms with Gasteiger partial charge < -0.3 is 5.32 Å². The van der Waals surface area contributed by atoms with Gasteiger partial charge in [-0.1, -0.05) is 23.9 Å². The van der Waals surface area contributed by atoms with Crippen LogP contribution in [0.2, 0.25) is 0 Å². The van der Waals surface area contributed by atoms with Crippen molar-refractivity contribution in [2.75, 3.05) is 11.1 Å². The molecule has 0 aliphatic carbocycles. The Kier molecular flexibility index (Phi) is 6.24. The Morgan fingerprint density at radius 3 is 2.63 bits per heavy atom. The molecule has 4 heterocycles. The van der Waals surface area contributed by atoms with Gasteiger partial charge in [-0.25, -0.2) is 14.6 Å². The molecule has 0 saturated carbocycles. The molecule has 3 aromatic heterocycles. The highest BCUT2D eigenvalue weighted by molar-refractivity contribution is 7.99. The summed E-state index contributed by atoms with van der Waals surface area (Å²) in [5, 5.41) is 9.46. The first kappa shape index (κ1) is 25.7. The summed E-state index contributed by atoms with van der Waals surface area (Å²) in [6, 6.07) is 19.8. The standard InChI is InChI=1S/C31H26N6O2S2/c1-17-4-11-25-26(12-17)41-29(34-25)20-6-8-21(9-7-20)33-27(38)14-23-16-40-31-35-28-24(30(39)36(23)31)15-32-37(28)22-10-5-18(2)19(3)13-22/h4-13,15,23H,14,16H2,1-3H3,(H,33,38). The number of fused-ring (bicyclic) bond motifs is 3. The summed E-state index contributed by atoms with van der Waals surface area (Å²) in [5.41, 5.74) is 7.47. The van der Waals surface area contributed by atoms with Gasteiger partial charge in [0.15, 0.2) is 10.8 Å². The summed E-state index contributed by atoms with van der Waals surface area (Å²) in [4.78, 5) is 36.1.